The van der Waals surface area contributed by atoms with Crippen molar-refractivity contribution in [2.24, 2.45) is 0 Å². The van der Waals surface area contributed by atoms with Gasteiger partial charge in [0, 0.05) is 43.1 Å². The van der Waals surface area contributed by atoms with Crippen LogP contribution in [0.3, 0.4) is 0 Å². The molecule has 6 nitrogen and oxygen atoms in total. The molecule has 0 atom stereocenters. The molecule has 2 heterocycles. The SMILES string of the molecule is O=S(=O)(c1cccc(Cl)c1)N1CCN(Cc2noc3ccccc23)CC1. The van der Waals surface area contributed by atoms with Gasteiger partial charge in [-0.1, -0.05) is 35.0 Å². The molecule has 8 heteroatoms. The first-order valence-electron chi connectivity index (χ1n) is 8.35. The van der Waals surface area contributed by atoms with Crippen molar-refractivity contribution in [1.82, 2.24) is 14.4 Å². The number of benzene rings is 2. The summed E-state index contributed by atoms with van der Waals surface area (Å²) in [7, 11) is -3.52. The van der Waals surface area contributed by atoms with Crippen LogP contribution in [0.5, 0.6) is 0 Å². The summed E-state index contributed by atoms with van der Waals surface area (Å²) in [5.41, 5.74) is 1.65. The normalized spacial score (nSPS) is 17.0. The monoisotopic (exact) mass is 391 g/mol. The van der Waals surface area contributed by atoms with Gasteiger partial charge < -0.3 is 4.52 Å². The molecule has 0 radical (unpaired) electrons. The zero-order valence-electron chi connectivity index (χ0n) is 14.0. The number of aromatic nitrogens is 1. The minimum atomic E-state index is -3.52. The maximum Gasteiger partial charge on any atom is 0.243 e. The fourth-order valence-electron chi connectivity index (χ4n) is 3.17. The quantitative estimate of drug-likeness (QED) is 0.684. The second-order valence-corrected chi connectivity index (χ2v) is 8.64. The largest absolute Gasteiger partial charge is 0.356 e. The number of rotatable bonds is 4. The van der Waals surface area contributed by atoms with Crippen LogP contribution in [-0.4, -0.2) is 49.0 Å². The van der Waals surface area contributed by atoms with Crippen molar-refractivity contribution in [1.29, 1.82) is 0 Å². The van der Waals surface area contributed by atoms with Gasteiger partial charge in [-0.05, 0) is 30.3 Å². The van der Waals surface area contributed by atoms with E-state index in [1.807, 2.05) is 24.3 Å². The smallest absolute Gasteiger partial charge is 0.243 e. The van der Waals surface area contributed by atoms with E-state index in [0.29, 0.717) is 37.7 Å². The van der Waals surface area contributed by atoms with Gasteiger partial charge in [0.15, 0.2) is 5.58 Å². The molecule has 0 spiro atoms. The van der Waals surface area contributed by atoms with Gasteiger partial charge in [0.25, 0.3) is 0 Å². The van der Waals surface area contributed by atoms with E-state index >= 15 is 0 Å². The lowest BCUT2D eigenvalue weighted by Gasteiger charge is -2.33. The first kappa shape index (κ1) is 17.5. The number of hydrogen-bond acceptors (Lipinski definition) is 5. The number of piperazine rings is 1. The number of para-hydroxylation sites is 1. The third-order valence-electron chi connectivity index (χ3n) is 4.59. The Labute approximate surface area is 157 Å². The highest BCUT2D eigenvalue weighted by atomic mass is 35.5. The predicted octanol–water partition coefficient (Wildman–Crippen LogP) is 2.99. The third kappa shape index (κ3) is 3.35. The molecule has 136 valence electrons. The molecule has 1 aliphatic heterocycles. The molecule has 1 aromatic heterocycles. The Morgan fingerprint density at radius 1 is 1.04 bits per heavy atom. The van der Waals surface area contributed by atoms with E-state index in [1.54, 1.807) is 18.2 Å². The molecule has 1 saturated heterocycles. The number of fused-ring (bicyclic) bond motifs is 1. The van der Waals surface area contributed by atoms with E-state index in [0.717, 1.165) is 16.7 Å². The fraction of sp³-hybridized carbons (Fsp3) is 0.278. The molecule has 0 saturated carbocycles. The van der Waals surface area contributed by atoms with Crippen molar-refractivity contribution in [3.63, 3.8) is 0 Å². The Bertz CT molecular complexity index is 1030. The Kier molecular flexibility index (Phi) is 4.71. The van der Waals surface area contributed by atoms with Crippen molar-refractivity contribution < 1.29 is 12.9 Å². The first-order valence-corrected chi connectivity index (χ1v) is 10.2. The van der Waals surface area contributed by atoms with Crippen LogP contribution in [-0.2, 0) is 16.6 Å². The molecule has 26 heavy (non-hydrogen) atoms. The molecule has 0 aliphatic carbocycles. The van der Waals surface area contributed by atoms with Gasteiger partial charge in [-0.3, -0.25) is 4.90 Å². The van der Waals surface area contributed by atoms with Crippen LogP contribution in [0.2, 0.25) is 5.02 Å². The molecule has 0 N–H and O–H groups in total. The number of sulfonamides is 1. The maximum absolute atomic E-state index is 12.8. The van der Waals surface area contributed by atoms with E-state index in [2.05, 4.69) is 10.1 Å². The van der Waals surface area contributed by atoms with Crippen LogP contribution in [0, 0.1) is 0 Å². The van der Waals surface area contributed by atoms with Crippen molar-refractivity contribution in [2.75, 3.05) is 26.2 Å². The highest BCUT2D eigenvalue weighted by Crippen LogP contribution is 2.23. The lowest BCUT2D eigenvalue weighted by molar-refractivity contribution is 0.178. The Morgan fingerprint density at radius 3 is 2.58 bits per heavy atom. The van der Waals surface area contributed by atoms with Gasteiger partial charge in [0.1, 0.15) is 5.69 Å². The van der Waals surface area contributed by atoms with Crippen LogP contribution in [0.15, 0.2) is 57.9 Å². The van der Waals surface area contributed by atoms with Crippen LogP contribution >= 0.6 is 11.6 Å². The number of halogens is 1. The van der Waals surface area contributed by atoms with E-state index in [1.165, 1.54) is 10.4 Å². The molecule has 0 bridgehead atoms. The number of nitrogens with zero attached hydrogens (tertiary/aromatic N) is 3. The minimum Gasteiger partial charge on any atom is -0.356 e. The highest BCUT2D eigenvalue weighted by Gasteiger charge is 2.29. The second-order valence-electron chi connectivity index (χ2n) is 6.26. The molecular weight excluding hydrogens is 374 g/mol. The second kappa shape index (κ2) is 7.00. The summed E-state index contributed by atoms with van der Waals surface area (Å²) in [6.45, 7) is 2.79. The van der Waals surface area contributed by atoms with Gasteiger partial charge in [0.2, 0.25) is 10.0 Å². The number of hydrogen-bond donors (Lipinski definition) is 0. The van der Waals surface area contributed by atoms with E-state index in [4.69, 9.17) is 16.1 Å². The van der Waals surface area contributed by atoms with E-state index in [9.17, 15) is 8.42 Å². The van der Waals surface area contributed by atoms with Gasteiger partial charge in [0.05, 0.1) is 4.90 Å². The molecule has 0 amide bonds. The van der Waals surface area contributed by atoms with Crippen molar-refractivity contribution in [2.45, 2.75) is 11.4 Å². The van der Waals surface area contributed by atoms with Crippen LogP contribution in [0.4, 0.5) is 0 Å². The van der Waals surface area contributed by atoms with Crippen molar-refractivity contribution in [3.8, 4) is 0 Å². The molecule has 1 fully saturated rings. The Hall–Kier alpha value is -1.93. The minimum absolute atomic E-state index is 0.237. The van der Waals surface area contributed by atoms with Gasteiger partial charge >= 0.3 is 0 Å². The summed E-state index contributed by atoms with van der Waals surface area (Å²) in [6.07, 6.45) is 0. The van der Waals surface area contributed by atoms with Gasteiger partial charge in [-0.2, -0.15) is 4.31 Å². The topological polar surface area (TPSA) is 66.7 Å². The Balaban J connectivity index is 1.44. The van der Waals surface area contributed by atoms with Gasteiger partial charge in [-0.15, -0.1) is 0 Å². The maximum atomic E-state index is 12.8. The van der Waals surface area contributed by atoms with Crippen LogP contribution in [0.1, 0.15) is 5.69 Å². The standard InChI is InChI=1S/C18H18ClN3O3S/c19-14-4-3-5-15(12-14)26(23,24)22-10-8-21(9-11-22)13-17-16-6-1-2-7-18(16)25-20-17/h1-7,12H,8-11,13H2. The Morgan fingerprint density at radius 2 is 1.81 bits per heavy atom. The van der Waals surface area contributed by atoms with E-state index in [-0.39, 0.29) is 4.90 Å². The molecule has 3 aromatic rings. The van der Waals surface area contributed by atoms with Crippen molar-refractivity contribution in [3.05, 3.63) is 59.2 Å². The summed E-state index contributed by atoms with van der Waals surface area (Å²) in [5, 5.41) is 5.57. The van der Waals surface area contributed by atoms with Crippen LogP contribution < -0.4 is 0 Å². The van der Waals surface area contributed by atoms with Crippen LogP contribution in [0.25, 0.3) is 11.0 Å². The van der Waals surface area contributed by atoms with Crippen molar-refractivity contribution >= 4 is 32.6 Å². The first-order chi connectivity index (χ1) is 12.5. The van der Waals surface area contributed by atoms with Gasteiger partial charge in [-0.25, -0.2) is 8.42 Å². The summed E-state index contributed by atoms with van der Waals surface area (Å²) < 4.78 is 32.4. The zero-order valence-corrected chi connectivity index (χ0v) is 15.6. The summed E-state index contributed by atoms with van der Waals surface area (Å²) in [5.74, 6) is 0. The highest BCUT2D eigenvalue weighted by molar-refractivity contribution is 7.89. The third-order valence-corrected chi connectivity index (χ3v) is 6.72. The molecule has 2 aromatic carbocycles. The zero-order chi connectivity index (χ0) is 18.1. The molecule has 4 rings (SSSR count). The van der Waals surface area contributed by atoms with E-state index < -0.39 is 10.0 Å². The fourth-order valence-corrected chi connectivity index (χ4v) is 4.89. The lowest BCUT2D eigenvalue weighted by Crippen LogP contribution is -2.48. The molecule has 1 aliphatic rings. The molecule has 0 unspecified atom stereocenters. The summed E-state index contributed by atoms with van der Waals surface area (Å²) in [4.78, 5) is 2.43. The summed E-state index contributed by atoms with van der Waals surface area (Å²) >= 11 is 5.93. The lowest BCUT2D eigenvalue weighted by atomic mass is 10.2. The predicted molar refractivity (Wildman–Crippen MR) is 99.5 cm³/mol. The average Bonchev–Trinajstić information content (AvgIpc) is 3.05. The average molecular weight is 392 g/mol. The molecular formula is C18H18ClN3O3S. The summed E-state index contributed by atoms with van der Waals surface area (Å²) in [6, 6.07) is 14.1.